The number of ether oxygens (including phenoxy) is 1. The van der Waals surface area contributed by atoms with Crippen molar-refractivity contribution in [3.05, 3.63) is 29.8 Å². The molecule has 2 atom stereocenters. The number of phenols is 1. The molecular formula is C16H25NO2. The van der Waals surface area contributed by atoms with Crippen LogP contribution >= 0.6 is 0 Å². The van der Waals surface area contributed by atoms with E-state index in [1.807, 2.05) is 12.1 Å². The molecular weight excluding hydrogens is 238 g/mol. The highest BCUT2D eigenvalue weighted by Crippen LogP contribution is 2.30. The lowest BCUT2D eigenvalue weighted by Gasteiger charge is -2.38. The Labute approximate surface area is 116 Å². The number of hydrogen-bond acceptors (Lipinski definition) is 3. The second-order valence-corrected chi connectivity index (χ2v) is 5.47. The largest absolute Gasteiger partial charge is 0.508 e. The van der Waals surface area contributed by atoms with Crippen LogP contribution in [-0.4, -0.2) is 36.8 Å². The monoisotopic (exact) mass is 263 g/mol. The average Bonchev–Trinajstić information content (AvgIpc) is 2.43. The number of hydrogen-bond donors (Lipinski definition) is 1. The molecule has 0 amide bonds. The van der Waals surface area contributed by atoms with Crippen molar-refractivity contribution in [2.45, 2.75) is 32.2 Å². The molecule has 1 aliphatic rings. The first-order chi connectivity index (χ1) is 9.24. The molecule has 3 heteroatoms. The molecule has 1 aromatic carbocycles. The molecule has 2 rings (SSSR count). The Bertz CT molecular complexity index is 375. The molecule has 19 heavy (non-hydrogen) atoms. The zero-order valence-corrected chi connectivity index (χ0v) is 12.0. The Morgan fingerprint density at radius 3 is 2.74 bits per heavy atom. The van der Waals surface area contributed by atoms with Crippen molar-refractivity contribution in [2.75, 3.05) is 26.8 Å². The summed E-state index contributed by atoms with van der Waals surface area (Å²) >= 11 is 0. The highest BCUT2D eigenvalue weighted by molar-refractivity contribution is 5.28. The fourth-order valence-electron chi connectivity index (χ4n) is 3.15. The maximum absolute atomic E-state index is 9.40. The van der Waals surface area contributed by atoms with Crippen LogP contribution in [0.15, 0.2) is 24.3 Å². The van der Waals surface area contributed by atoms with Crippen LogP contribution in [0.4, 0.5) is 0 Å². The Hall–Kier alpha value is -1.06. The Morgan fingerprint density at radius 2 is 2.11 bits per heavy atom. The van der Waals surface area contributed by atoms with E-state index in [0.29, 0.717) is 17.7 Å². The van der Waals surface area contributed by atoms with E-state index in [9.17, 15) is 5.11 Å². The lowest BCUT2D eigenvalue weighted by atomic mass is 9.94. The van der Waals surface area contributed by atoms with Crippen molar-refractivity contribution in [1.82, 2.24) is 4.90 Å². The van der Waals surface area contributed by atoms with Crippen molar-refractivity contribution < 1.29 is 9.84 Å². The molecule has 0 bridgehead atoms. The predicted octanol–water partition coefficient (Wildman–Crippen LogP) is 3.20. The molecule has 106 valence electrons. The van der Waals surface area contributed by atoms with E-state index < -0.39 is 0 Å². The van der Waals surface area contributed by atoms with Crippen LogP contribution in [-0.2, 0) is 4.74 Å². The molecule has 1 fully saturated rings. The number of piperidine rings is 1. The molecule has 3 nitrogen and oxygen atoms in total. The van der Waals surface area contributed by atoms with Crippen LogP contribution in [0.25, 0.3) is 0 Å². The fourth-order valence-corrected chi connectivity index (χ4v) is 3.15. The Balaban J connectivity index is 2.06. The molecule has 0 aliphatic carbocycles. The van der Waals surface area contributed by atoms with Gasteiger partial charge in [-0.1, -0.05) is 19.1 Å². The number of aromatic hydroxyl groups is 1. The van der Waals surface area contributed by atoms with Gasteiger partial charge in [0.1, 0.15) is 5.75 Å². The van der Waals surface area contributed by atoms with Gasteiger partial charge in [-0.05, 0) is 49.4 Å². The lowest BCUT2D eigenvalue weighted by Crippen LogP contribution is -2.39. The van der Waals surface area contributed by atoms with Gasteiger partial charge in [-0.3, -0.25) is 4.90 Å². The zero-order valence-electron chi connectivity index (χ0n) is 12.0. The van der Waals surface area contributed by atoms with Crippen molar-refractivity contribution in [2.24, 2.45) is 5.92 Å². The van der Waals surface area contributed by atoms with Gasteiger partial charge in [0.2, 0.25) is 0 Å². The van der Waals surface area contributed by atoms with Gasteiger partial charge in [0, 0.05) is 19.7 Å². The molecule has 0 aromatic heterocycles. The van der Waals surface area contributed by atoms with Gasteiger partial charge in [-0.25, -0.2) is 0 Å². The summed E-state index contributed by atoms with van der Waals surface area (Å²) in [6, 6.07) is 8.12. The smallest absolute Gasteiger partial charge is 0.115 e. The number of benzene rings is 1. The molecule has 1 N–H and O–H groups in total. The standard InChI is InChI=1S/C16H25NO2/c1-3-16(14-6-8-15(18)9-7-14)17-10-4-5-13(11-17)12-19-2/h6-9,13,16,18H,3-5,10-12H2,1-2H3. The number of phenolic OH excluding ortho intramolecular Hbond substituents is 1. The first kappa shape index (κ1) is 14.4. The summed E-state index contributed by atoms with van der Waals surface area (Å²) in [7, 11) is 1.79. The Morgan fingerprint density at radius 1 is 1.37 bits per heavy atom. The number of rotatable bonds is 5. The van der Waals surface area contributed by atoms with Gasteiger partial charge in [-0.15, -0.1) is 0 Å². The quantitative estimate of drug-likeness (QED) is 0.885. The summed E-state index contributed by atoms with van der Waals surface area (Å²) in [5, 5.41) is 9.40. The van der Waals surface area contributed by atoms with E-state index in [-0.39, 0.29) is 0 Å². The molecule has 1 saturated heterocycles. The zero-order chi connectivity index (χ0) is 13.7. The molecule has 0 spiro atoms. The SMILES string of the molecule is CCC(c1ccc(O)cc1)N1CCCC(COC)C1. The highest BCUT2D eigenvalue weighted by atomic mass is 16.5. The Kier molecular flexibility index (Phi) is 5.23. The minimum absolute atomic E-state index is 0.342. The summed E-state index contributed by atoms with van der Waals surface area (Å²) < 4.78 is 5.30. The average molecular weight is 263 g/mol. The third-order valence-corrected chi connectivity index (χ3v) is 4.06. The number of methoxy groups -OCH3 is 1. The maximum atomic E-state index is 9.40. The van der Waals surface area contributed by atoms with Crippen LogP contribution in [0.5, 0.6) is 5.75 Å². The molecule has 2 unspecified atom stereocenters. The minimum atomic E-state index is 0.342. The second-order valence-electron chi connectivity index (χ2n) is 5.47. The molecule has 0 radical (unpaired) electrons. The van der Waals surface area contributed by atoms with Gasteiger partial charge < -0.3 is 9.84 Å². The van der Waals surface area contributed by atoms with E-state index in [2.05, 4.69) is 11.8 Å². The maximum Gasteiger partial charge on any atom is 0.115 e. The van der Waals surface area contributed by atoms with Gasteiger partial charge in [-0.2, -0.15) is 0 Å². The van der Waals surface area contributed by atoms with Gasteiger partial charge in [0.15, 0.2) is 0 Å². The summed E-state index contributed by atoms with van der Waals surface area (Å²) in [6.07, 6.45) is 3.63. The van der Waals surface area contributed by atoms with Gasteiger partial charge >= 0.3 is 0 Å². The van der Waals surface area contributed by atoms with Crippen molar-refractivity contribution >= 4 is 0 Å². The predicted molar refractivity (Wildman–Crippen MR) is 77.3 cm³/mol. The van der Waals surface area contributed by atoms with E-state index in [4.69, 9.17) is 4.74 Å². The minimum Gasteiger partial charge on any atom is -0.508 e. The third-order valence-electron chi connectivity index (χ3n) is 4.06. The fraction of sp³-hybridized carbons (Fsp3) is 0.625. The molecule has 1 aromatic rings. The van der Waals surface area contributed by atoms with Crippen molar-refractivity contribution in [3.63, 3.8) is 0 Å². The lowest BCUT2D eigenvalue weighted by molar-refractivity contribution is 0.0665. The number of likely N-dealkylation sites (tertiary alicyclic amines) is 1. The topological polar surface area (TPSA) is 32.7 Å². The van der Waals surface area contributed by atoms with Gasteiger partial charge in [0.25, 0.3) is 0 Å². The molecule has 1 heterocycles. The summed E-state index contributed by atoms with van der Waals surface area (Å²) in [4.78, 5) is 2.57. The van der Waals surface area contributed by atoms with E-state index >= 15 is 0 Å². The van der Waals surface area contributed by atoms with Crippen LogP contribution in [0.2, 0.25) is 0 Å². The van der Waals surface area contributed by atoms with E-state index in [1.165, 1.54) is 24.9 Å². The van der Waals surface area contributed by atoms with Crippen LogP contribution in [0.3, 0.4) is 0 Å². The molecule has 0 saturated carbocycles. The number of nitrogens with zero attached hydrogens (tertiary/aromatic N) is 1. The van der Waals surface area contributed by atoms with Crippen LogP contribution in [0, 0.1) is 5.92 Å². The van der Waals surface area contributed by atoms with Crippen LogP contribution in [0.1, 0.15) is 37.8 Å². The summed E-state index contributed by atoms with van der Waals surface area (Å²) in [5.74, 6) is 0.999. The summed E-state index contributed by atoms with van der Waals surface area (Å²) in [6.45, 7) is 5.38. The van der Waals surface area contributed by atoms with Gasteiger partial charge in [0.05, 0.1) is 6.61 Å². The van der Waals surface area contributed by atoms with E-state index in [0.717, 1.165) is 19.6 Å². The first-order valence-corrected chi connectivity index (χ1v) is 7.26. The van der Waals surface area contributed by atoms with E-state index in [1.54, 1.807) is 19.2 Å². The second kappa shape index (κ2) is 6.92. The normalized spacial score (nSPS) is 22.3. The summed E-state index contributed by atoms with van der Waals surface area (Å²) in [5.41, 5.74) is 1.30. The first-order valence-electron chi connectivity index (χ1n) is 7.26. The van der Waals surface area contributed by atoms with Crippen LogP contribution < -0.4 is 0 Å². The highest BCUT2D eigenvalue weighted by Gasteiger charge is 2.25. The third kappa shape index (κ3) is 3.71. The van der Waals surface area contributed by atoms with Crippen molar-refractivity contribution in [1.29, 1.82) is 0 Å². The van der Waals surface area contributed by atoms with Crippen molar-refractivity contribution in [3.8, 4) is 5.75 Å². The molecule has 1 aliphatic heterocycles.